The summed E-state index contributed by atoms with van der Waals surface area (Å²) in [7, 11) is 0. The number of rotatable bonds is 7. The number of nitrogens with two attached hydrogens (primary N) is 1. The molecule has 5 N–H and O–H groups in total. The molecule has 2 aliphatic heterocycles. The number of amides is 2. The third kappa shape index (κ3) is 3.87. The Hall–Kier alpha value is -2.99. The van der Waals surface area contributed by atoms with Gasteiger partial charge in [0.1, 0.15) is 23.4 Å². The van der Waals surface area contributed by atoms with E-state index in [4.69, 9.17) is 5.73 Å². The van der Waals surface area contributed by atoms with Gasteiger partial charge in [-0.05, 0) is 17.2 Å². The number of β-lactam (4-membered cyclic amide) rings is 1. The number of nitrogen functional groups attached to an aromatic ring is 1. The molecular weight excluding hydrogens is 428 g/mol. The molecule has 0 saturated carbocycles. The molecule has 156 valence electrons. The number of thioether (sulfide) groups is 2. The molecule has 1 saturated heterocycles. The average Bonchev–Trinajstić information content (AvgIpc) is 3.25. The van der Waals surface area contributed by atoms with E-state index in [2.05, 4.69) is 20.5 Å². The van der Waals surface area contributed by atoms with Crippen LogP contribution in [0.25, 0.3) is 0 Å². The van der Waals surface area contributed by atoms with Crippen molar-refractivity contribution in [3.8, 4) is 0 Å². The van der Waals surface area contributed by atoms with Gasteiger partial charge < -0.3 is 16.2 Å². The first-order chi connectivity index (χ1) is 14.5. The molecule has 10 nitrogen and oxygen atoms in total. The minimum atomic E-state index is -1.16. The first-order valence-electron chi connectivity index (χ1n) is 8.96. The van der Waals surface area contributed by atoms with Gasteiger partial charge in [0.25, 0.3) is 5.91 Å². The van der Waals surface area contributed by atoms with Crippen LogP contribution in [0.3, 0.4) is 0 Å². The second kappa shape index (κ2) is 8.40. The summed E-state index contributed by atoms with van der Waals surface area (Å²) < 4.78 is 0. The standard InChI is InChI=1S/C18H18N6O4S2/c19-11-4-2-1-3-9(11)5-12(25)22-13-15(26)24-14(17(27)28)10(6-29-16(13)24)7-30-18-20-8-21-23-18/h1-4,8,13,16H,5-7,19H2,(H,22,25)(H,27,28)(H,20,21,23)/t13?,16-/m0/s1. The highest BCUT2D eigenvalue weighted by Crippen LogP contribution is 2.41. The fourth-order valence-corrected chi connectivity index (χ4v) is 5.57. The summed E-state index contributed by atoms with van der Waals surface area (Å²) in [6.45, 7) is 0. The topological polar surface area (TPSA) is 154 Å². The Balaban J connectivity index is 1.44. The summed E-state index contributed by atoms with van der Waals surface area (Å²) in [4.78, 5) is 42.2. The number of aromatic amines is 1. The molecule has 0 spiro atoms. The highest BCUT2D eigenvalue weighted by molar-refractivity contribution is 8.01. The zero-order valence-electron chi connectivity index (χ0n) is 15.6. The summed E-state index contributed by atoms with van der Waals surface area (Å²) in [5.41, 5.74) is 7.65. The Morgan fingerprint density at radius 3 is 2.90 bits per heavy atom. The number of para-hydroxylation sites is 1. The molecule has 0 radical (unpaired) electrons. The van der Waals surface area contributed by atoms with E-state index in [1.807, 2.05) is 0 Å². The summed E-state index contributed by atoms with van der Waals surface area (Å²) in [6.07, 6.45) is 1.42. The highest BCUT2D eigenvalue weighted by atomic mass is 32.2. The van der Waals surface area contributed by atoms with Gasteiger partial charge in [0.2, 0.25) is 5.91 Å². The minimum absolute atomic E-state index is 0.0198. The van der Waals surface area contributed by atoms with Crippen molar-refractivity contribution in [2.45, 2.75) is 23.0 Å². The minimum Gasteiger partial charge on any atom is -0.477 e. The number of carboxylic acid groups (broad SMARTS) is 1. The van der Waals surface area contributed by atoms with Crippen molar-refractivity contribution >= 4 is 47.0 Å². The normalized spacial score (nSPS) is 20.5. The highest BCUT2D eigenvalue weighted by Gasteiger charge is 2.54. The maximum Gasteiger partial charge on any atom is 0.352 e. The van der Waals surface area contributed by atoms with E-state index >= 15 is 0 Å². The average molecular weight is 447 g/mol. The summed E-state index contributed by atoms with van der Waals surface area (Å²) in [6, 6.07) is 6.27. The second-order valence-corrected chi connectivity index (χ2v) is 8.74. The molecule has 2 atom stereocenters. The molecule has 1 aromatic carbocycles. The number of H-pyrrole nitrogens is 1. The maximum absolute atomic E-state index is 12.7. The Kier molecular flexibility index (Phi) is 5.68. The fraction of sp³-hybridized carbons (Fsp3) is 0.278. The van der Waals surface area contributed by atoms with E-state index in [1.54, 1.807) is 24.3 Å². The van der Waals surface area contributed by atoms with E-state index in [0.717, 1.165) is 0 Å². The van der Waals surface area contributed by atoms with Gasteiger partial charge in [-0.3, -0.25) is 19.6 Å². The van der Waals surface area contributed by atoms with Crippen LogP contribution in [0.2, 0.25) is 0 Å². The van der Waals surface area contributed by atoms with Crippen molar-refractivity contribution < 1.29 is 19.5 Å². The molecular formula is C18H18N6O4S2. The number of fused-ring (bicyclic) bond motifs is 1. The number of nitrogens with one attached hydrogen (secondary N) is 2. The lowest BCUT2D eigenvalue weighted by Crippen LogP contribution is -2.70. The lowest BCUT2D eigenvalue weighted by molar-refractivity contribution is -0.150. The van der Waals surface area contributed by atoms with Gasteiger partial charge >= 0.3 is 5.97 Å². The van der Waals surface area contributed by atoms with Crippen LogP contribution in [-0.4, -0.2) is 65.9 Å². The zero-order valence-corrected chi connectivity index (χ0v) is 17.2. The van der Waals surface area contributed by atoms with Gasteiger partial charge in [0.05, 0.1) is 6.42 Å². The lowest BCUT2D eigenvalue weighted by Gasteiger charge is -2.49. The molecule has 0 aliphatic carbocycles. The maximum atomic E-state index is 12.7. The number of carboxylic acids is 1. The number of aliphatic carboxylic acids is 1. The van der Waals surface area contributed by atoms with Gasteiger partial charge in [-0.1, -0.05) is 30.0 Å². The smallest absolute Gasteiger partial charge is 0.352 e. The quantitative estimate of drug-likeness (QED) is 0.270. The van der Waals surface area contributed by atoms with Crippen LogP contribution in [0.15, 0.2) is 47.0 Å². The van der Waals surface area contributed by atoms with E-state index in [0.29, 0.717) is 33.5 Å². The Morgan fingerprint density at radius 2 is 2.20 bits per heavy atom. The first-order valence-corrected chi connectivity index (χ1v) is 11.0. The molecule has 1 aromatic heterocycles. The lowest BCUT2D eigenvalue weighted by atomic mass is 10.0. The second-order valence-electron chi connectivity index (χ2n) is 6.67. The van der Waals surface area contributed by atoms with Crippen LogP contribution in [-0.2, 0) is 20.8 Å². The number of nitrogens with zero attached hydrogens (tertiary/aromatic N) is 3. The zero-order chi connectivity index (χ0) is 21.3. The molecule has 30 heavy (non-hydrogen) atoms. The fourth-order valence-electron chi connectivity index (χ4n) is 3.31. The molecule has 2 aromatic rings. The largest absolute Gasteiger partial charge is 0.477 e. The molecule has 0 bridgehead atoms. The molecule has 1 fully saturated rings. The Bertz CT molecular complexity index is 1030. The van der Waals surface area contributed by atoms with Crippen molar-refractivity contribution in [2.75, 3.05) is 17.2 Å². The van der Waals surface area contributed by atoms with Crippen LogP contribution >= 0.6 is 23.5 Å². The Labute approximate surface area is 179 Å². The number of aromatic nitrogens is 3. The van der Waals surface area contributed by atoms with Crippen LogP contribution in [0, 0.1) is 0 Å². The van der Waals surface area contributed by atoms with Crippen LogP contribution in [0.1, 0.15) is 5.56 Å². The van der Waals surface area contributed by atoms with Gasteiger partial charge in [-0.15, -0.1) is 11.8 Å². The summed E-state index contributed by atoms with van der Waals surface area (Å²) in [5, 5.41) is 19.0. The number of hydrogen-bond donors (Lipinski definition) is 4. The first kappa shape index (κ1) is 20.3. The third-order valence-electron chi connectivity index (χ3n) is 4.75. The molecule has 3 heterocycles. The third-order valence-corrected chi connectivity index (χ3v) is 7.05. The number of hydrogen-bond acceptors (Lipinski definition) is 8. The van der Waals surface area contributed by atoms with Crippen LogP contribution < -0.4 is 11.1 Å². The molecule has 2 amide bonds. The van der Waals surface area contributed by atoms with E-state index in [9.17, 15) is 19.5 Å². The van der Waals surface area contributed by atoms with Crippen LogP contribution in [0.4, 0.5) is 5.69 Å². The molecule has 12 heteroatoms. The van der Waals surface area contributed by atoms with Gasteiger partial charge in [-0.2, -0.15) is 5.10 Å². The van der Waals surface area contributed by atoms with Crippen molar-refractivity contribution in [3.63, 3.8) is 0 Å². The van der Waals surface area contributed by atoms with E-state index in [1.165, 1.54) is 34.8 Å². The van der Waals surface area contributed by atoms with Gasteiger partial charge in [0.15, 0.2) is 5.16 Å². The number of benzene rings is 1. The molecule has 2 aliphatic rings. The Morgan fingerprint density at radius 1 is 1.40 bits per heavy atom. The van der Waals surface area contributed by atoms with Crippen molar-refractivity contribution in [3.05, 3.63) is 47.4 Å². The van der Waals surface area contributed by atoms with Crippen molar-refractivity contribution in [2.24, 2.45) is 0 Å². The summed E-state index contributed by atoms with van der Waals surface area (Å²) in [5.74, 6) is -1.12. The number of anilines is 1. The van der Waals surface area contributed by atoms with Crippen molar-refractivity contribution in [1.29, 1.82) is 0 Å². The summed E-state index contributed by atoms with van der Waals surface area (Å²) >= 11 is 2.74. The number of carbonyl (C=O) groups is 3. The number of carbonyl (C=O) groups excluding carboxylic acids is 2. The van der Waals surface area contributed by atoms with Crippen molar-refractivity contribution in [1.82, 2.24) is 25.4 Å². The van der Waals surface area contributed by atoms with Crippen LogP contribution in [0.5, 0.6) is 0 Å². The predicted octanol–water partition coefficient (Wildman–Crippen LogP) is 0.460. The van der Waals surface area contributed by atoms with Gasteiger partial charge in [0, 0.05) is 17.2 Å². The van der Waals surface area contributed by atoms with Gasteiger partial charge in [-0.25, -0.2) is 9.78 Å². The van der Waals surface area contributed by atoms with E-state index < -0.39 is 23.3 Å². The monoisotopic (exact) mass is 446 g/mol. The molecule has 4 rings (SSSR count). The molecule has 1 unspecified atom stereocenters. The SMILES string of the molecule is Nc1ccccc1CC(=O)NC1C(=O)N2C(C(=O)O)=C(CSc3ncn[nH]3)CS[C@@H]12. The van der Waals surface area contributed by atoms with E-state index in [-0.39, 0.29) is 18.0 Å². The predicted molar refractivity (Wildman–Crippen MR) is 111 cm³/mol.